The second-order valence-corrected chi connectivity index (χ2v) is 8.11. The Morgan fingerprint density at radius 3 is 2.58 bits per heavy atom. The van der Waals surface area contributed by atoms with Crippen LogP contribution in [-0.2, 0) is 24.4 Å². The summed E-state index contributed by atoms with van der Waals surface area (Å²) in [4.78, 5) is 11.2. The van der Waals surface area contributed by atoms with Gasteiger partial charge in [0, 0.05) is 24.3 Å². The molecule has 1 aliphatic rings. The van der Waals surface area contributed by atoms with Crippen molar-refractivity contribution >= 4 is 11.7 Å². The lowest BCUT2D eigenvalue weighted by atomic mass is 10.00. The number of carbonyl (C=O) groups is 1. The van der Waals surface area contributed by atoms with E-state index >= 15 is 0 Å². The highest BCUT2D eigenvalue weighted by atomic mass is 16.5. The van der Waals surface area contributed by atoms with Crippen LogP contribution in [0.15, 0.2) is 66.7 Å². The number of nitrogens with two attached hydrogens (primary N) is 1. The molecule has 0 spiro atoms. The van der Waals surface area contributed by atoms with Gasteiger partial charge in [-0.2, -0.15) is 0 Å². The zero-order chi connectivity index (χ0) is 21.6. The van der Waals surface area contributed by atoms with Crippen molar-refractivity contribution in [2.75, 3.05) is 11.9 Å². The molecule has 0 aliphatic heterocycles. The summed E-state index contributed by atoms with van der Waals surface area (Å²) in [6.45, 7) is 1.84. The number of para-hydroxylation sites is 1. The van der Waals surface area contributed by atoms with Crippen LogP contribution in [0.3, 0.4) is 0 Å². The highest BCUT2D eigenvalue weighted by Crippen LogP contribution is 2.31. The molecule has 1 aliphatic carbocycles. The minimum absolute atomic E-state index is 0.0592. The quantitative estimate of drug-likeness (QED) is 0.440. The van der Waals surface area contributed by atoms with Gasteiger partial charge in [0.1, 0.15) is 12.4 Å². The van der Waals surface area contributed by atoms with Gasteiger partial charge in [-0.1, -0.05) is 36.4 Å². The maximum absolute atomic E-state index is 11.2. The molecular formula is C26H28N2O3. The molecule has 5 nitrogen and oxygen atoms in total. The van der Waals surface area contributed by atoms with E-state index in [2.05, 4.69) is 35.6 Å². The molecule has 0 amide bonds. The van der Waals surface area contributed by atoms with E-state index in [0.717, 1.165) is 40.4 Å². The Kier molecular flexibility index (Phi) is 6.53. The van der Waals surface area contributed by atoms with Crippen LogP contribution in [0.5, 0.6) is 5.75 Å². The molecular weight excluding hydrogens is 388 g/mol. The molecule has 3 aromatic carbocycles. The Bertz CT molecular complexity index is 1060. The lowest BCUT2D eigenvalue weighted by Gasteiger charge is -2.14. The van der Waals surface area contributed by atoms with Crippen LogP contribution in [0.2, 0.25) is 0 Å². The molecule has 160 valence electrons. The van der Waals surface area contributed by atoms with E-state index in [4.69, 9.17) is 15.6 Å². The molecule has 3 aromatic rings. The first-order valence-corrected chi connectivity index (χ1v) is 10.7. The zero-order valence-corrected chi connectivity index (χ0v) is 17.5. The van der Waals surface area contributed by atoms with Crippen molar-refractivity contribution in [3.05, 3.63) is 83.4 Å². The Morgan fingerprint density at radius 2 is 1.81 bits per heavy atom. The van der Waals surface area contributed by atoms with Crippen LogP contribution < -0.4 is 15.8 Å². The number of carboxylic acids is 1. The van der Waals surface area contributed by atoms with E-state index in [-0.39, 0.29) is 6.42 Å². The molecule has 0 saturated heterocycles. The highest BCUT2D eigenvalue weighted by molar-refractivity contribution is 5.71. The summed E-state index contributed by atoms with van der Waals surface area (Å²) in [6, 6.07) is 22.0. The fraction of sp³-hybridized carbons (Fsp3) is 0.269. The molecule has 5 heteroatoms. The molecule has 4 N–H and O–H groups in total. The van der Waals surface area contributed by atoms with Crippen LogP contribution in [0, 0.1) is 5.92 Å². The maximum atomic E-state index is 11.2. The lowest BCUT2D eigenvalue weighted by Crippen LogP contribution is -2.06. The minimum atomic E-state index is -0.871. The van der Waals surface area contributed by atoms with Crippen molar-refractivity contribution in [3.8, 4) is 16.9 Å². The van der Waals surface area contributed by atoms with Gasteiger partial charge in [-0.3, -0.25) is 4.79 Å². The van der Waals surface area contributed by atoms with Gasteiger partial charge in [0.05, 0.1) is 6.42 Å². The van der Waals surface area contributed by atoms with E-state index in [0.29, 0.717) is 24.5 Å². The number of anilines is 1. The van der Waals surface area contributed by atoms with Gasteiger partial charge >= 0.3 is 5.97 Å². The summed E-state index contributed by atoms with van der Waals surface area (Å²) in [6.07, 6.45) is 2.53. The molecule has 0 atom stereocenters. The summed E-state index contributed by atoms with van der Waals surface area (Å²) in [5.41, 5.74) is 11.9. The maximum Gasteiger partial charge on any atom is 0.307 e. The van der Waals surface area contributed by atoms with Gasteiger partial charge in [-0.05, 0) is 71.3 Å². The van der Waals surface area contributed by atoms with E-state index in [9.17, 15) is 4.79 Å². The fourth-order valence-electron chi connectivity index (χ4n) is 3.62. The van der Waals surface area contributed by atoms with Crippen molar-refractivity contribution in [1.82, 2.24) is 0 Å². The van der Waals surface area contributed by atoms with Crippen molar-refractivity contribution < 1.29 is 14.6 Å². The number of ether oxygens (including phenoxy) is 1. The highest BCUT2D eigenvalue weighted by Gasteiger charge is 2.20. The Labute approximate surface area is 182 Å². The fourth-order valence-corrected chi connectivity index (χ4v) is 3.62. The molecule has 4 rings (SSSR count). The monoisotopic (exact) mass is 416 g/mol. The molecule has 1 saturated carbocycles. The largest absolute Gasteiger partial charge is 0.489 e. The summed E-state index contributed by atoms with van der Waals surface area (Å²) < 4.78 is 6.04. The van der Waals surface area contributed by atoms with E-state index in [1.54, 1.807) is 6.07 Å². The van der Waals surface area contributed by atoms with Gasteiger partial charge in [0.15, 0.2) is 0 Å². The number of rotatable bonds is 10. The molecule has 1 fully saturated rings. The van der Waals surface area contributed by atoms with Gasteiger partial charge < -0.3 is 20.9 Å². The topological polar surface area (TPSA) is 84.6 Å². The van der Waals surface area contributed by atoms with E-state index < -0.39 is 5.97 Å². The lowest BCUT2D eigenvalue weighted by molar-refractivity contribution is -0.136. The standard InChI is InChI=1S/C26H28N2O3/c27-15-19-4-3-6-21(10-19)23-11-20(12-24(13-23)28-16-18-8-9-18)17-31-25-7-2-1-5-22(25)14-26(29)30/h1-7,10-13,18,28H,8-9,14-17,27H2,(H,29,30). The second-order valence-electron chi connectivity index (χ2n) is 8.11. The van der Waals surface area contributed by atoms with Crippen LogP contribution in [0.4, 0.5) is 5.69 Å². The molecule has 0 heterocycles. The van der Waals surface area contributed by atoms with Crippen LogP contribution in [0.1, 0.15) is 29.5 Å². The van der Waals surface area contributed by atoms with Crippen molar-refractivity contribution in [2.24, 2.45) is 11.7 Å². The third kappa shape index (κ3) is 5.86. The first-order valence-electron chi connectivity index (χ1n) is 10.7. The summed E-state index contributed by atoms with van der Waals surface area (Å²) in [7, 11) is 0. The molecule has 0 unspecified atom stereocenters. The van der Waals surface area contributed by atoms with Crippen LogP contribution in [-0.4, -0.2) is 17.6 Å². The number of aliphatic carboxylic acids is 1. The number of carboxylic acid groups (broad SMARTS) is 1. The Morgan fingerprint density at radius 1 is 1.00 bits per heavy atom. The Hall–Kier alpha value is -3.31. The summed E-state index contributed by atoms with van der Waals surface area (Å²) in [5, 5.41) is 12.7. The first-order chi connectivity index (χ1) is 15.1. The summed E-state index contributed by atoms with van der Waals surface area (Å²) in [5.74, 6) is 0.504. The van der Waals surface area contributed by atoms with Crippen LogP contribution >= 0.6 is 0 Å². The van der Waals surface area contributed by atoms with Gasteiger partial charge in [0.25, 0.3) is 0 Å². The van der Waals surface area contributed by atoms with Gasteiger partial charge in [-0.15, -0.1) is 0 Å². The van der Waals surface area contributed by atoms with E-state index in [1.807, 2.05) is 30.3 Å². The normalized spacial score (nSPS) is 13.1. The van der Waals surface area contributed by atoms with Crippen LogP contribution in [0.25, 0.3) is 11.1 Å². The van der Waals surface area contributed by atoms with Gasteiger partial charge in [0.2, 0.25) is 0 Å². The van der Waals surface area contributed by atoms with Crippen molar-refractivity contribution in [3.63, 3.8) is 0 Å². The minimum Gasteiger partial charge on any atom is -0.489 e. The number of hydrogen-bond acceptors (Lipinski definition) is 4. The zero-order valence-electron chi connectivity index (χ0n) is 17.5. The molecule has 0 radical (unpaired) electrons. The third-order valence-corrected chi connectivity index (χ3v) is 5.49. The Balaban J connectivity index is 1.58. The van der Waals surface area contributed by atoms with Crippen molar-refractivity contribution in [2.45, 2.75) is 32.4 Å². The summed E-state index contributed by atoms with van der Waals surface area (Å²) >= 11 is 0. The number of hydrogen-bond donors (Lipinski definition) is 3. The smallest absolute Gasteiger partial charge is 0.307 e. The van der Waals surface area contributed by atoms with Crippen molar-refractivity contribution in [1.29, 1.82) is 0 Å². The molecule has 0 bridgehead atoms. The molecule has 31 heavy (non-hydrogen) atoms. The second kappa shape index (κ2) is 9.67. The SMILES string of the molecule is NCc1cccc(-c2cc(COc3ccccc3CC(=O)O)cc(NCC3CC3)c2)c1. The molecule has 0 aromatic heterocycles. The number of nitrogens with one attached hydrogen (secondary N) is 1. The average molecular weight is 417 g/mol. The third-order valence-electron chi connectivity index (χ3n) is 5.49. The predicted molar refractivity (Wildman–Crippen MR) is 123 cm³/mol. The predicted octanol–water partition coefficient (Wildman–Crippen LogP) is 4.84. The van der Waals surface area contributed by atoms with Gasteiger partial charge in [-0.25, -0.2) is 0 Å². The number of benzene rings is 3. The van der Waals surface area contributed by atoms with E-state index in [1.165, 1.54) is 12.8 Å². The first kappa shape index (κ1) is 20.9. The average Bonchev–Trinajstić information content (AvgIpc) is 3.61.